The Kier molecular flexibility index (Phi) is 6.76. The van der Waals surface area contributed by atoms with Crippen molar-refractivity contribution in [3.05, 3.63) is 59.7 Å². The topological polar surface area (TPSA) is 55.5 Å². The molecule has 0 aromatic heterocycles. The Balaban J connectivity index is 2.22. The number of nitrogens with zero attached hydrogens (tertiary/aromatic N) is 1. The number of hydrogen-bond donors (Lipinski definition) is 1. The maximum absolute atomic E-state index is 13.4. The predicted octanol–water partition coefficient (Wildman–Crippen LogP) is 3.63. The first-order chi connectivity index (χ1) is 11.9. The van der Waals surface area contributed by atoms with Gasteiger partial charge in [-0.05, 0) is 36.6 Å². The SMILES string of the molecule is CC/C=C\C(C)C(=O)C(C1C=CC=N1)[C@@H](N)Cc1cc(F)cc(F)c1. The summed E-state index contributed by atoms with van der Waals surface area (Å²) in [5, 5.41) is 0. The van der Waals surface area contributed by atoms with Crippen LogP contribution in [-0.2, 0) is 11.2 Å². The van der Waals surface area contributed by atoms with Crippen molar-refractivity contribution in [3.8, 4) is 0 Å². The average molecular weight is 346 g/mol. The summed E-state index contributed by atoms with van der Waals surface area (Å²) in [7, 11) is 0. The van der Waals surface area contributed by atoms with Crippen LogP contribution < -0.4 is 5.73 Å². The average Bonchev–Trinajstić information content (AvgIpc) is 3.05. The largest absolute Gasteiger partial charge is 0.327 e. The Morgan fingerprint density at radius 2 is 2.00 bits per heavy atom. The van der Waals surface area contributed by atoms with E-state index in [9.17, 15) is 13.6 Å². The van der Waals surface area contributed by atoms with Crippen LogP contribution in [-0.4, -0.2) is 24.1 Å². The van der Waals surface area contributed by atoms with Crippen LogP contribution in [0.5, 0.6) is 0 Å². The first-order valence-electron chi connectivity index (χ1n) is 8.53. The van der Waals surface area contributed by atoms with Crippen molar-refractivity contribution in [2.45, 2.75) is 38.8 Å². The van der Waals surface area contributed by atoms with Gasteiger partial charge in [-0.1, -0.05) is 32.1 Å². The van der Waals surface area contributed by atoms with Gasteiger partial charge in [-0.15, -0.1) is 0 Å². The fraction of sp³-hybridized carbons (Fsp3) is 0.400. The zero-order valence-electron chi connectivity index (χ0n) is 14.5. The molecule has 2 rings (SSSR count). The smallest absolute Gasteiger partial charge is 0.146 e. The van der Waals surface area contributed by atoms with E-state index in [-0.39, 0.29) is 24.2 Å². The van der Waals surface area contributed by atoms with Gasteiger partial charge in [0.25, 0.3) is 0 Å². The molecule has 134 valence electrons. The quantitative estimate of drug-likeness (QED) is 0.731. The van der Waals surface area contributed by atoms with Crippen molar-refractivity contribution in [3.63, 3.8) is 0 Å². The molecule has 0 amide bonds. The number of halogens is 2. The van der Waals surface area contributed by atoms with Gasteiger partial charge >= 0.3 is 0 Å². The normalized spacial score (nSPS) is 20.1. The third kappa shape index (κ3) is 5.16. The first-order valence-corrected chi connectivity index (χ1v) is 8.53. The molecule has 0 bridgehead atoms. The molecule has 5 heteroatoms. The number of allylic oxidation sites excluding steroid dienone is 3. The Morgan fingerprint density at radius 1 is 1.32 bits per heavy atom. The number of aliphatic imine (C=N–C) groups is 1. The summed E-state index contributed by atoms with van der Waals surface area (Å²) < 4.78 is 26.8. The van der Waals surface area contributed by atoms with Crippen molar-refractivity contribution in [2.24, 2.45) is 22.6 Å². The second kappa shape index (κ2) is 8.81. The molecule has 1 heterocycles. The molecule has 0 aliphatic carbocycles. The molecule has 0 saturated heterocycles. The third-order valence-corrected chi connectivity index (χ3v) is 4.31. The highest BCUT2D eigenvalue weighted by Crippen LogP contribution is 2.24. The zero-order chi connectivity index (χ0) is 18.4. The maximum Gasteiger partial charge on any atom is 0.146 e. The Labute approximate surface area is 147 Å². The molecule has 0 spiro atoms. The standard InChI is InChI=1S/C20H24F2N2O/c1-3-4-6-13(2)20(25)19(18-7-5-8-24-18)17(23)11-14-9-15(21)12-16(22)10-14/h4-10,12-13,17-19H,3,11,23H2,1-2H3/b6-4-/t13?,17-,18?,19?/m0/s1. The number of nitrogens with two attached hydrogens (primary N) is 1. The molecule has 0 saturated carbocycles. The molecule has 3 nitrogen and oxygen atoms in total. The van der Waals surface area contributed by atoms with E-state index in [0.29, 0.717) is 5.56 Å². The minimum Gasteiger partial charge on any atom is -0.327 e. The summed E-state index contributed by atoms with van der Waals surface area (Å²) in [5.74, 6) is -2.14. The van der Waals surface area contributed by atoms with E-state index in [1.54, 1.807) is 12.3 Å². The number of rotatable bonds is 8. The zero-order valence-corrected chi connectivity index (χ0v) is 14.5. The maximum atomic E-state index is 13.4. The van der Waals surface area contributed by atoms with Gasteiger partial charge < -0.3 is 5.73 Å². The summed E-state index contributed by atoms with van der Waals surface area (Å²) >= 11 is 0. The highest BCUT2D eigenvalue weighted by Gasteiger charge is 2.34. The highest BCUT2D eigenvalue weighted by molar-refractivity contribution is 5.87. The van der Waals surface area contributed by atoms with E-state index in [2.05, 4.69) is 4.99 Å². The van der Waals surface area contributed by atoms with Crippen molar-refractivity contribution < 1.29 is 13.6 Å². The van der Waals surface area contributed by atoms with Gasteiger partial charge in [0, 0.05) is 24.2 Å². The molecule has 25 heavy (non-hydrogen) atoms. The molecule has 1 aromatic carbocycles. The number of ketones is 1. The van der Waals surface area contributed by atoms with Gasteiger partial charge in [-0.2, -0.15) is 0 Å². The van der Waals surface area contributed by atoms with E-state index in [0.717, 1.165) is 12.5 Å². The minimum absolute atomic E-state index is 0.0113. The van der Waals surface area contributed by atoms with Crippen LogP contribution in [0.3, 0.4) is 0 Å². The number of Topliss-reactive ketones (excluding diaryl/α,β-unsaturated/α-hetero) is 1. The molecule has 2 N–H and O–H groups in total. The van der Waals surface area contributed by atoms with Gasteiger partial charge in [-0.3, -0.25) is 9.79 Å². The lowest BCUT2D eigenvalue weighted by Crippen LogP contribution is -2.44. The number of benzene rings is 1. The molecular formula is C20H24F2N2O. The van der Waals surface area contributed by atoms with Crippen molar-refractivity contribution >= 4 is 12.0 Å². The van der Waals surface area contributed by atoms with Crippen LogP contribution in [0, 0.1) is 23.5 Å². The van der Waals surface area contributed by atoms with Gasteiger partial charge in [0.2, 0.25) is 0 Å². The van der Waals surface area contributed by atoms with Crippen LogP contribution in [0.2, 0.25) is 0 Å². The lowest BCUT2D eigenvalue weighted by Gasteiger charge is -2.27. The van der Waals surface area contributed by atoms with Gasteiger partial charge in [-0.25, -0.2) is 8.78 Å². The molecule has 1 aliphatic heterocycles. The second-order valence-corrected chi connectivity index (χ2v) is 6.37. The Morgan fingerprint density at radius 3 is 2.56 bits per heavy atom. The van der Waals surface area contributed by atoms with E-state index < -0.39 is 23.6 Å². The second-order valence-electron chi connectivity index (χ2n) is 6.37. The van der Waals surface area contributed by atoms with E-state index in [1.165, 1.54) is 12.1 Å². The monoisotopic (exact) mass is 346 g/mol. The molecule has 0 fully saturated rings. The predicted molar refractivity (Wildman–Crippen MR) is 96.5 cm³/mol. The van der Waals surface area contributed by atoms with Crippen LogP contribution in [0.4, 0.5) is 8.78 Å². The molecular weight excluding hydrogens is 322 g/mol. The summed E-state index contributed by atoms with van der Waals surface area (Å²) in [6.07, 6.45) is 10.1. The number of carbonyl (C=O) groups excluding carboxylic acids is 1. The number of carbonyl (C=O) groups is 1. The molecule has 4 atom stereocenters. The van der Waals surface area contributed by atoms with Crippen LogP contribution >= 0.6 is 0 Å². The summed E-state index contributed by atoms with van der Waals surface area (Å²) in [6.45, 7) is 3.83. The Bertz CT molecular complexity index is 665. The fourth-order valence-electron chi connectivity index (χ4n) is 3.07. The van der Waals surface area contributed by atoms with Crippen LogP contribution in [0.15, 0.2) is 47.5 Å². The third-order valence-electron chi connectivity index (χ3n) is 4.31. The Hall–Kier alpha value is -2.14. The molecule has 1 aliphatic rings. The molecule has 0 radical (unpaired) electrons. The molecule has 1 aromatic rings. The van der Waals surface area contributed by atoms with Crippen LogP contribution in [0.1, 0.15) is 25.8 Å². The minimum atomic E-state index is -0.650. The summed E-state index contributed by atoms with van der Waals surface area (Å²) in [6, 6.07) is 2.39. The first kappa shape index (κ1) is 19.2. The van der Waals surface area contributed by atoms with Crippen LogP contribution in [0.25, 0.3) is 0 Å². The fourth-order valence-corrected chi connectivity index (χ4v) is 3.07. The van der Waals surface area contributed by atoms with Crippen molar-refractivity contribution in [1.82, 2.24) is 0 Å². The lowest BCUT2D eigenvalue weighted by atomic mass is 9.80. The lowest BCUT2D eigenvalue weighted by molar-refractivity contribution is -0.125. The van der Waals surface area contributed by atoms with Gasteiger partial charge in [0.1, 0.15) is 17.4 Å². The summed E-state index contributed by atoms with van der Waals surface area (Å²) in [5.41, 5.74) is 6.74. The van der Waals surface area contributed by atoms with Crippen molar-refractivity contribution in [1.29, 1.82) is 0 Å². The highest BCUT2D eigenvalue weighted by atomic mass is 19.1. The van der Waals surface area contributed by atoms with E-state index >= 15 is 0 Å². The van der Waals surface area contributed by atoms with Crippen molar-refractivity contribution in [2.75, 3.05) is 0 Å². The molecule has 3 unspecified atom stereocenters. The van der Waals surface area contributed by atoms with E-state index in [1.807, 2.05) is 32.1 Å². The van der Waals surface area contributed by atoms with Gasteiger partial charge in [0.05, 0.1) is 12.0 Å². The van der Waals surface area contributed by atoms with Gasteiger partial charge in [0.15, 0.2) is 0 Å². The number of hydrogen-bond acceptors (Lipinski definition) is 3. The summed E-state index contributed by atoms with van der Waals surface area (Å²) in [4.78, 5) is 17.2. The van der Waals surface area contributed by atoms with E-state index in [4.69, 9.17) is 5.73 Å².